The molecule has 0 saturated heterocycles. The molecule has 0 saturated carbocycles. The summed E-state index contributed by atoms with van der Waals surface area (Å²) < 4.78 is 18.7. The highest BCUT2D eigenvalue weighted by Gasteiger charge is 2.49. The van der Waals surface area contributed by atoms with Gasteiger partial charge in [-0.2, -0.15) is 4.98 Å². The molecule has 5 rings (SSSR count). The minimum Gasteiger partial charge on any atom is -0.480 e. The lowest BCUT2D eigenvalue weighted by Gasteiger charge is -2.43. The predicted octanol–water partition coefficient (Wildman–Crippen LogP) is 7.10. The molecule has 0 spiro atoms. The molecule has 0 atom stereocenters. The van der Waals surface area contributed by atoms with Crippen LogP contribution in [-0.2, 0) is 4.43 Å². The fourth-order valence-electron chi connectivity index (χ4n) is 5.64. The molecule has 3 heterocycles. The number of rotatable bonds is 12. The number of hydrogen-bond donors (Lipinski definition) is 0. The molecule has 0 fully saturated rings. The van der Waals surface area contributed by atoms with Crippen LogP contribution in [0.2, 0.25) is 10.2 Å². The standard InChI is InChI=1S/C36H40ClN5O3Si/c1-26-32(45-27-20-21-38-33(37)24-27)19-18-31(40-26)30-25-39-35(41-34(30)43-6)42(5)22-13-23-44-46(36(2,3)4,28-14-9-7-10-15-28)29-16-11-8-12-17-29/h7-12,14-21,24-25H,13,22-23H2,1-6H3. The molecule has 0 unspecified atom stereocenters. The summed E-state index contributed by atoms with van der Waals surface area (Å²) in [5.74, 6) is 2.21. The molecule has 0 aliphatic carbocycles. The van der Waals surface area contributed by atoms with Crippen LogP contribution in [0.3, 0.4) is 0 Å². The van der Waals surface area contributed by atoms with Gasteiger partial charge in [0, 0.05) is 38.7 Å². The van der Waals surface area contributed by atoms with E-state index in [9.17, 15) is 0 Å². The van der Waals surface area contributed by atoms with E-state index in [1.165, 1.54) is 10.4 Å². The molecule has 8 nitrogen and oxygen atoms in total. The van der Waals surface area contributed by atoms with E-state index in [0.29, 0.717) is 58.6 Å². The smallest absolute Gasteiger partial charge is 0.261 e. The Hall–Kier alpha value is -4.31. The van der Waals surface area contributed by atoms with Crippen LogP contribution in [0, 0.1) is 6.92 Å². The van der Waals surface area contributed by atoms with Gasteiger partial charge in [-0.3, -0.25) is 0 Å². The summed E-state index contributed by atoms with van der Waals surface area (Å²) in [6.07, 6.45) is 4.15. The molecular weight excluding hydrogens is 614 g/mol. The van der Waals surface area contributed by atoms with Gasteiger partial charge >= 0.3 is 0 Å². The van der Waals surface area contributed by atoms with Gasteiger partial charge in [-0.1, -0.05) is 93.0 Å². The maximum absolute atomic E-state index is 7.06. The van der Waals surface area contributed by atoms with Crippen LogP contribution in [0.1, 0.15) is 32.9 Å². The number of methoxy groups -OCH3 is 1. The van der Waals surface area contributed by atoms with Crippen LogP contribution in [0.25, 0.3) is 11.3 Å². The van der Waals surface area contributed by atoms with E-state index in [2.05, 4.69) is 91.4 Å². The Labute approximate surface area is 277 Å². The topological polar surface area (TPSA) is 82.5 Å². The number of ether oxygens (including phenoxy) is 2. The van der Waals surface area contributed by atoms with Crippen molar-refractivity contribution in [3.8, 4) is 28.6 Å². The summed E-state index contributed by atoms with van der Waals surface area (Å²) in [5.41, 5.74) is 2.08. The van der Waals surface area contributed by atoms with E-state index in [1.54, 1.807) is 31.6 Å². The molecule has 10 heteroatoms. The SMILES string of the molecule is COc1nc(N(C)CCCO[Si](c2ccccc2)(c2ccccc2)C(C)(C)C)ncc1-c1ccc(Oc2ccnc(Cl)c2)c(C)n1. The molecule has 0 radical (unpaired) electrons. The van der Waals surface area contributed by atoms with Gasteiger partial charge < -0.3 is 18.8 Å². The van der Waals surface area contributed by atoms with Crippen molar-refractivity contribution in [1.29, 1.82) is 0 Å². The van der Waals surface area contributed by atoms with Gasteiger partial charge in [0.1, 0.15) is 16.7 Å². The number of hydrogen-bond acceptors (Lipinski definition) is 8. The lowest BCUT2D eigenvalue weighted by molar-refractivity contribution is 0.293. The maximum Gasteiger partial charge on any atom is 0.261 e. The van der Waals surface area contributed by atoms with E-state index >= 15 is 0 Å². The second kappa shape index (κ2) is 14.4. The summed E-state index contributed by atoms with van der Waals surface area (Å²) in [4.78, 5) is 20.1. The molecular formula is C36H40ClN5O3Si. The molecule has 0 bridgehead atoms. The molecule has 0 aliphatic rings. The number of nitrogens with zero attached hydrogens (tertiary/aromatic N) is 5. The molecule has 2 aromatic carbocycles. The molecule has 0 amide bonds. The Morgan fingerprint density at radius 1 is 0.870 bits per heavy atom. The minimum atomic E-state index is -2.59. The van der Waals surface area contributed by atoms with E-state index in [-0.39, 0.29) is 5.04 Å². The number of halogens is 1. The fraction of sp³-hybridized carbons (Fsp3) is 0.278. The first-order valence-corrected chi connectivity index (χ1v) is 17.6. The predicted molar refractivity (Wildman–Crippen MR) is 187 cm³/mol. The van der Waals surface area contributed by atoms with E-state index in [1.807, 2.05) is 31.0 Å². The molecule has 0 N–H and O–H groups in total. The first-order chi connectivity index (χ1) is 22.1. The lowest BCUT2D eigenvalue weighted by atomic mass is 10.2. The number of pyridine rings is 2. The summed E-state index contributed by atoms with van der Waals surface area (Å²) in [6.45, 7) is 10.1. The Kier molecular flexibility index (Phi) is 10.4. The van der Waals surface area contributed by atoms with Crippen LogP contribution in [-0.4, -0.2) is 55.6 Å². The van der Waals surface area contributed by atoms with Crippen molar-refractivity contribution in [1.82, 2.24) is 19.9 Å². The number of benzene rings is 2. The van der Waals surface area contributed by atoms with Gasteiger partial charge in [-0.05, 0) is 47.0 Å². The highest BCUT2D eigenvalue weighted by atomic mass is 35.5. The van der Waals surface area contributed by atoms with Crippen molar-refractivity contribution < 1.29 is 13.9 Å². The molecule has 0 aliphatic heterocycles. The average molecular weight is 654 g/mol. The van der Waals surface area contributed by atoms with Crippen molar-refractivity contribution >= 4 is 36.2 Å². The summed E-state index contributed by atoms with van der Waals surface area (Å²) in [6, 6.07) is 28.5. The quantitative estimate of drug-likeness (QED) is 0.0801. The van der Waals surface area contributed by atoms with Gasteiger partial charge in [-0.25, -0.2) is 15.0 Å². The van der Waals surface area contributed by atoms with Crippen LogP contribution < -0.4 is 24.7 Å². The Morgan fingerprint density at radius 2 is 1.54 bits per heavy atom. The normalized spacial score (nSPS) is 11.7. The van der Waals surface area contributed by atoms with Crippen LogP contribution in [0.15, 0.2) is 97.3 Å². The van der Waals surface area contributed by atoms with Crippen LogP contribution in [0.5, 0.6) is 17.4 Å². The van der Waals surface area contributed by atoms with Crippen LogP contribution in [0.4, 0.5) is 5.95 Å². The second-order valence-electron chi connectivity index (χ2n) is 12.1. The average Bonchev–Trinajstić information content (AvgIpc) is 3.05. The summed E-state index contributed by atoms with van der Waals surface area (Å²) in [7, 11) is 0.997. The lowest BCUT2D eigenvalue weighted by Crippen LogP contribution is -2.66. The zero-order valence-corrected chi connectivity index (χ0v) is 29.0. The highest BCUT2D eigenvalue weighted by Crippen LogP contribution is 2.37. The van der Waals surface area contributed by atoms with Crippen molar-refractivity contribution in [2.24, 2.45) is 0 Å². The first-order valence-electron chi connectivity index (χ1n) is 15.3. The molecule has 3 aromatic heterocycles. The number of anilines is 1. The Morgan fingerprint density at radius 3 is 2.13 bits per heavy atom. The van der Waals surface area contributed by atoms with Crippen molar-refractivity contribution in [3.63, 3.8) is 0 Å². The molecule has 238 valence electrons. The monoisotopic (exact) mass is 653 g/mol. The zero-order chi connectivity index (χ0) is 32.7. The minimum absolute atomic E-state index is 0.0720. The fourth-order valence-corrected chi connectivity index (χ4v) is 10.4. The third-order valence-corrected chi connectivity index (χ3v) is 13.1. The number of aromatic nitrogens is 4. The Bertz CT molecular complexity index is 1710. The van der Waals surface area contributed by atoms with Gasteiger partial charge in [-0.15, -0.1) is 0 Å². The molecule has 5 aromatic rings. The zero-order valence-electron chi connectivity index (χ0n) is 27.2. The second-order valence-corrected chi connectivity index (χ2v) is 16.8. The molecule has 46 heavy (non-hydrogen) atoms. The first kappa shape index (κ1) is 33.1. The van der Waals surface area contributed by atoms with Crippen molar-refractivity contribution in [3.05, 3.63) is 108 Å². The maximum atomic E-state index is 7.06. The van der Waals surface area contributed by atoms with E-state index in [4.69, 9.17) is 35.5 Å². The Balaban J connectivity index is 1.29. The third-order valence-electron chi connectivity index (χ3n) is 7.89. The third kappa shape index (κ3) is 7.22. The van der Waals surface area contributed by atoms with Gasteiger partial charge in [0.25, 0.3) is 8.32 Å². The van der Waals surface area contributed by atoms with E-state index < -0.39 is 8.32 Å². The van der Waals surface area contributed by atoms with Gasteiger partial charge in [0.2, 0.25) is 11.8 Å². The van der Waals surface area contributed by atoms with Crippen LogP contribution >= 0.6 is 11.6 Å². The summed E-state index contributed by atoms with van der Waals surface area (Å²) >= 11 is 6.00. The van der Waals surface area contributed by atoms with Crippen molar-refractivity contribution in [2.45, 2.75) is 39.2 Å². The largest absolute Gasteiger partial charge is 0.480 e. The van der Waals surface area contributed by atoms with E-state index in [0.717, 1.165) is 6.42 Å². The van der Waals surface area contributed by atoms with Crippen molar-refractivity contribution in [2.75, 3.05) is 32.2 Å². The van der Waals surface area contributed by atoms with Gasteiger partial charge in [0.15, 0.2) is 0 Å². The highest BCUT2D eigenvalue weighted by molar-refractivity contribution is 6.99. The summed E-state index contributed by atoms with van der Waals surface area (Å²) in [5, 5.41) is 2.84. The number of aryl methyl sites for hydroxylation is 1. The van der Waals surface area contributed by atoms with Gasteiger partial charge in [0.05, 0.1) is 24.1 Å².